The number of hydrogen-bond acceptors (Lipinski definition) is 2. The number of piperidine rings is 1. The second-order valence-electron chi connectivity index (χ2n) is 5.99. The van der Waals surface area contributed by atoms with Crippen molar-refractivity contribution in [1.29, 1.82) is 0 Å². The van der Waals surface area contributed by atoms with E-state index in [0.717, 1.165) is 39.0 Å². The Morgan fingerprint density at radius 3 is 2.47 bits per heavy atom. The first-order valence-electron chi connectivity index (χ1n) is 7.66. The van der Waals surface area contributed by atoms with Gasteiger partial charge in [-0.25, -0.2) is 0 Å². The van der Waals surface area contributed by atoms with Gasteiger partial charge in [0.15, 0.2) is 0 Å². The van der Waals surface area contributed by atoms with E-state index in [2.05, 4.69) is 6.92 Å². The minimum Gasteiger partial charge on any atom is -0.343 e. The third kappa shape index (κ3) is 3.10. The summed E-state index contributed by atoms with van der Waals surface area (Å²) in [6, 6.07) is 0. The molecular formula is C15H26N2O2. The van der Waals surface area contributed by atoms with Crippen LogP contribution in [0.1, 0.15) is 40.0 Å². The molecule has 4 nitrogen and oxygen atoms in total. The molecule has 3 unspecified atom stereocenters. The zero-order valence-electron chi connectivity index (χ0n) is 12.4. The Morgan fingerprint density at radius 1 is 1.21 bits per heavy atom. The maximum atomic E-state index is 12.4. The molecule has 0 spiro atoms. The van der Waals surface area contributed by atoms with Crippen molar-refractivity contribution in [3.05, 3.63) is 0 Å². The molecule has 0 radical (unpaired) electrons. The second kappa shape index (κ2) is 5.93. The number of carbonyl (C=O) groups excluding carboxylic acids is 2. The molecule has 2 amide bonds. The highest BCUT2D eigenvalue weighted by Gasteiger charge is 2.50. The van der Waals surface area contributed by atoms with Gasteiger partial charge in [-0.2, -0.15) is 0 Å². The van der Waals surface area contributed by atoms with Gasteiger partial charge in [-0.05, 0) is 39.0 Å². The largest absolute Gasteiger partial charge is 0.343 e. The van der Waals surface area contributed by atoms with Crippen LogP contribution < -0.4 is 0 Å². The van der Waals surface area contributed by atoms with Crippen molar-refractivity contribution in [2.75, 3.05) is 26.2 Å². The number of likely N-dealkylation sites (tertiary alicyclic amines) is 1. The third-order valence-corrected chi connectivity index (χ3v) is 4.47. The van der Waals surface area contributed by atoms with Gasteiger partial charge in [0.05, 0.1) is 11.8 Å². The summed E-state index contributed by atoms with van der Waals surface area (Å²) in [5, 5.41) is 0. The van der Waals surface area contributed by atoms with E-state index in [0.29, 0.717) is 5.92 Å². The molecular weight excluding hydrogens is 240 g/mol. The fourth-order valence-corrected chi connectivity index (χ4v) is 3.13. The Balaban J connectivity index is 1.88. The summed E-state index contributed by atoms with van der Waals surface area (Å²) in [7, 11) is 0. The van der Waals surface area contributed by atoms with Crippen molar-refractivity contribution < 1.29 is 9.59 Å². The lowest BCUT2D eigenvalue weighted by molar-refractivity contribution is -0.138. The monoisotopic (exact) mass is 266 g/mol. The summed E-state index contributed by atoms with van der Waals surface area (Å²) in [5.41, 5.74) is 0. The van der Waals surface area contributed by atoms with E-state index in [-0.39, 0.29) is 23.7 Å². The highest BCUT2D eigenvalue weighted by Crippen LogP contribution is 2.42. The van der Waals surface area contributed by atoms with Crippen LogP contribution >= 0.6 is 0 Å². The van der Waals surface area contributed by atoms with Crippen LogP contribution in [0.3, 0.4) is 0 Å². The van der Waals surface area contributed by atoms with Gasteiger partial charge in [0.2, 0.25) is 11.8 Å². The molecule has 0 aromatic carbocycles. The van der Waals surface area contributed by atoms with Crippen molar-refractivity contribution in [1.82, 2.24) is 9.80 Å². The van der Waals surface area contributed by atoms with Crippen LogP contribution in [-0.4, -0.2) is 47.8 Å². The first kappa shape index (κ1) is 14.4. The van der Waals surface area contributed by atoms with Crippen LogP contribution in [0.15, 0.2) is 0 Å². The molecule has 4 heteroatoms. The van der Waals surface area contributed by atoms with E-state index in [1.807, 2.05) is 23.6 Å². The minimum atomic E-state index is -0.0374. The molecule has 2 aliphatic rings. The summed E-state index contributed by atoms with van der Waals surface area (Å²) in [6.45, 7) is 9.43. The lowest BCUT2D eigenvalue weighted by atomic mass is 10.00. The SMILES string of the molecule is CCN(CC)C(=O)C1CC1C(=O)N1CCCC(C)C1. The van der Waals surface area contributed by atoms with Gasteiger partial charge >= 0.3 is 0 Å². The van der Waals surface area contributed by atoms with Crippen LogP contribution in [0.5, 0.6) is 0 Å². The average Bonchev–Trinajstić information content (AvgIpc) is 3.19. The molecule has 1 aliphatic carbocycles. The topological polar surface area (TPSA) is 40.6 Å². The minimum absolute atomic E-state index is 0.0293. The van der Waals surface area contributed by atoms with Crippen LogP contribution in [0.4, 0.5) is 0 Å². The molecule has 1 saturated heterocycles. The normalized spacial score (nSPS) is 30.1. The van der Waals surface area contributed by atoms with Gasteiger partial charge < -0.3 is 9.80 Å². The lowest BCUT2D eigenvalue weighted by Gasteiger charge is -2.31. The van der Waals surface area contributed by atoms with Crippen LogP contribution in [0.25, 0.3) is 0 Å². The number of hydrogen-bond donors (Lipinski definition) is 0. The van der Waals surface area contributed by atoms with Crippen molar-refractivity contribution >= 4 is 11.8 Å². The van der Waals surface area contributed by atoms with E-state index in [1.54, 1.807) is 0 Å². The third-order valence-electron chi connectivity index (χ3n) is 4.47. The first-order valence-corrected chi connectivity index (χ1v) is 7.66. The summed E-state index contributed by atoms with van der Waals surface area (Å²) >= 11 is 0. The van der Waals surface area contributed by atoms with Crippen molar-refractivity contribution in [2.24, 2.45) is 17.8 Å². The molecule has 2 fully saturated rings. The molecule has 1 heterocycles. The van der Waals surface area contributed by atoms with Gasteiger partial charge in [-0.1, -0.05) is 6.92 Å². The van der Waals surface area contributed by atoms with Gasteiger partial charge in [-0.3, -0.25) is 9.59 Å². The van der Waals surface area contributed by atoms with E-state index < -0.39 is 0 Å². The van der Waals surface area contributed by atoms with E-state index in [1.165, 1.54) is 6.42 Å². The molecule has 3 atom stereocenters. The summed E-state index contributed by atoms with van der Waals surface area (Å²) in [5.74, 6) is 0.932. The molecule has 108 valence electrons. The fraction of sp³-hybridized carbons (Fsp3) is 0.867. The van der Waals surface area contributed by atoms with Crippen molar-refractivity contribution in [3.63, 3.8) is 0 Å². The van der Waals surface area contributed by atoms with Gasteiger partial charge in [0, 0.05) is 26.2 Å². The molecule has 0 aromatic rings. The Hall–Kier alpha value is -1.06. The van der Waals surface area contributed by atoms with Crippen LogP contribution in [0, 0.1) is 17.8 Å². The molecule has 2 rings (SSSR count). The maximum absolute atomic E-state index is 12.4. The molecule has 0 aromatic heterocycles. The Labute approximate surface area is 116 Å². The predicted octanol–water partition coefficient (Wildman–Crippen LogP) is 1.75. The van der Waals surface area contributed by atoms with E-state index in [4.69, 9.17) is 0 Å². The molecule has 0 N–H and O–H groups in total. The summed E-state index contributed by atoms with van der Waals surface area (Å²) in [6.07, 6.45) is 3.09. The molecule has 1 saturated carbocycles. The average molecular weight is 266 g/mol. The van der Waals surface area contributed by atoms with Crippen molar-refractivity contribution in [3.8, 4) is 0 Å². The highest BCUT2D eigenvalue weighted by atomic mass is 16.2. The molecule has 1 aliphatic heterocycles. The van der Waals surface area contributed by atoms with E-state index in [9.17, 15) is 9.59 Å². The second-order valence-corrected chi connectivity index (χ2v) is 5.99. The molecule has 19 heavy (non-hydrogen) atoms. The van der Waals surface area contributed by atoms with Gasteiger partial charge in [0.25, 0.3) is 0 Å². The van der Waals surface area contributed by atoms with Gasteiger partial charge in [0.1, 0.15) is 0 Å². The highest BCUT2D eigenvalue weighted by molar-refractivity contribution is 5.92. The first-order chi connectivity index (χ1) is 9.08. The Bertz CT molecular complexity index is 352. The maximum Gasteiger partial charge on any atom is 0.226 e. The lowest BCUT2D eigenvalue weighted by Crippen LogP contribution is -2.41. The molecule has 0 bridgehead atoms. The number of nitrogens with zero attached hydrogens (tertiary/aromatic N) is 2. The number of amides is 2. The standard InChI is InChI=1S/C15H26N2O2/c1-4-16(5-2)14(18)12-9-13(12)15(19)17-8-6-7-11(3)10-17/h11-13H,4-10H2,1-3H3. The van der Waals surface area contributed by atoms with Crippen LogP contribution in [-0.2, 0) is 9.59 Å². The Morgan fingerprint density at radius 2 is 1.89 bits per heavy atom. The zero-order chi connectivity index (χ0) is 14.0. The zero-order valence-corrected chi connectivity index (χ0v) is 12.4. The van der Waals surface area contributed by atoms with Crippen molar-refractivity contribution in [2.45, 2.75) is 40.0 Å². The number of rotatable bonds is 4. The van der Waals surface area contributed by atoms with E-state index >= 15 is 0 Å². The van der Waals surface area contributed by atoms with Gasteiger partial charge in [-0.15, -0.1) is 0 Å². The number of carbonyl (C=O) groups is 2. The summed E-state index contributed by atoms with van der Waals surface area (Å²) in [4.78, 5) is 28.4. The van der Waals surface area contributed by atoms with Crippen LogP contribution in [0.2, 0.25) is 0 Å². The Kier molecular flexibility index (Phi) is 4.48. The smallest absolute Gasteiger partial charge is 0.226 e. The predicted molar refractivity (Wildman–Crippen MR) is 74.5 cm³/mol. The fourth-order valence-electron chi connectivity index (χ4n) is 3.13. The summed E-state index contributed by atoms with van der Waals surface area (Å²) < 4.78 is 0. The quantitative estimate of drug-likeness (QED) is 0.778.